The Morgan fingerprint density at radius 1 is 1.43 bits per heavy atom. The first kappa shape index (κ1) is 14.3. The van der Waals surface area contributed by atoms with E-state index in [9.17, 15) is 10.1 Å². The van der Waals surface area contributed by atoms with Crippen LogP contribution in [0.3, 0.4) is 0 Å². The molecule has 0 amide bonds. The third-order valence-corrected chi connectivity index (χ3v) is 2.74. The zero-order valence-electron chi connectivity index (χ0n) is 11.1. The highest BCUT2D eigenvalue weighted by molar-refractivity contribution is 5.50. The summed E-state index contributed by atoms with van der Waals surface area (Å²) in [5.74, 6) is 0.523. The summed E-state index contributed by atoms with van der Waals surface area (Å²) >= 11 is 0. The molecule has 0 bridgehead atoms. The van der Waals surface area contributed by atoms with Crippen molar-refractivity contribution < 1.29 is 14.4 Å². The van der Waals surface area contributed by atoms with Crippen molar-refractivity contribution in [3.8, 4) is 17.6 Å². The van der Waals surface area contributed by atoms with Crippen molar-refractivity contribution in [3.63, 3.8) is 0 Å². The summed E-state index contributed by atoms with van der Waals surface area (Å²) in [6.07, 6.45) is 1.50. The summed E-state index contributed by atoms with van der Waals surface area (Å²) < 4.78 is 10.5. The van der Waals surface area contributed by atoms with E-state index < -0.39 is 4.92 Å². The highest BCUT2D eigenvalue weighted by atomic mass is 16.6. The van der Waals surface area contributed by atoms with Crippen LogP contribution in [0.4, 0.5) is 5.69 Å². The lowest BCUT2D eigenvalue weighted by atomic mass is 10.2. The van der Waals surface area contributed by atoms with Crippen molar-refractivity contribution in [1.29, 1.82) is 5.26 Å². The quantitative estimate of drug-likeness (QED) is 0.618. The Hall–Kier alpha value is -3.14. The van der Waals surface area contributed by atoms with Gasteiger partial charge in [-0.1, -0.05) is 6.07 Å². The molecule has 0 fully saturated rings. The van der Waals surface area contributed by atoms with E-state index in [-0.39, 0.29) is 23.7 Å². The van der Waals surface area contributed by atoms with Crippen LogP contribution in [0.5, 0.6) is 11.5 Å². The van der Waals surface area contributed by atoms with Gasteiger partial charge in [-0.15, -0.1) is 0 Å². The van der Waals surface area contributed by atoms with E-state index in [0.29, 0.717) is 11.3 Å². The Bertz CT molecular complexity index is 710. The third kappa shape index (κ3) is 3.25. The predicted octanol–water partition coefficient (Wildman–Crippen LogP) is 2.45. The molecule has 1 aromatic carbocycles. The molecule has 0 saturated heterocycles. The van der Waals surface area contributed by atoms with Crippen molar-refractivity contribution in [3.05, 3.63) is 57.9 Å². The first-order valence-corrected chi connectivity index (χ1v) is 5.95. The summed E-state index contributed by atoms with van der Waals surface area (Å²) in [6.45, 7) is 0.00470. The fraction of sp³-hybridized carbons (Fsp3) is 0.143. The van der Waals surface area contributed by atoms with E-state index in [2.05, 4.69) is 4.98 Å². The van der Waals surface area contributed by atoms with Gasteiger partial charge in [0.25, 0.3) is 0 Å². The Balaban J connectivity index is 2.27. The minimum absolute atomic E-state index is 0.00470. The smallest absolute Gasteiger partial charge is 0.311 e. The summed E-state index contributed by atoms with van der Waals surface area (Å²) in [5, 5.41) is 19.9. The second-order valence-electron chi connectivity index (χ2n) is 4.00. The number of pyridine rings is 1. The van der Waals surface area contributed by atoms with Crippen LogP contribution in [0.2, 0.25) is 0 Å². The van der Waals surface area contributed by atoms with Crippen molar-refractivity contribution in [2.45, 2.75) is 6.61 Å². The van der Waals surface area contributed by atoms with Crippen LogP contribution < -0.4 is 9.47 Å². The molecule has 21 heavy (non-hydrogen) atoms. The van der Waals surface area contributed by atoms with E-state index in [1.165, 1.54) is 31.5 Å². The van der Waals surface area contributed by atoms with Gasteiger partial charge in [0.15, 0.2) is 0 Å². The van der Waals surface area contributed by atoms with Crippen LogP contribution in [0.15, 0.2) is 36.5 Å². The normalized spacial score (nSPS) is 9.71. The molecule has 0 spiro atoms. The molecule has 0 aliphatic rings. The monoisotopic (exact) mass is 285 g/mol. The van der Waals surface area contributed by atoms with E-state index in [4.69, 9.17) is 14.7 Å². The molecule has 0 aliphatic heterocycles. The van der Waals surface area contributed by atoms with Crippen LogP contribution in [0, 0.1) is 21.4 Å². The molecule has 106 valence electrons. The standard InChI is InChI=1S/C14H11N3O4/c1-20-11-4-5-13(17(18)19)14(7-11)21-9-10-3-2-6-16-12(10)8-15/h2-7H,9H2,1H3. The summed E-state index contributed by atoms with van der Waals surface area (Å²) in [4.78, 5) is 14.3. The van der Waals surface area contributed by atoms with Gasteiger partial charge in [-0.2, -0.15) is 5.26 Å². The van der Waals surface area contributed by atoms with Crippen molar-refractivity contribution in [2.75, 3.05) is 7.11 Å². The third-order valence-electron chi connectivity index (χ3n) is 2.74. The fourth-order valence-electron chi connectivity index (χ4n) is 1.70. The van der Waals surface area contributed by atoms with Gasteiger partial charge in [-0.3, -0.25) is 10.1 Å². The number of hydrogen-bond acceptors (Lipinski definition) is 6. The molecular weight excluding hydrogens is 274 g/mol. The molecule has 0 N–H and O–H groups in total. The first-order valence-electron chi connectivity index (χ1n) is 5.95. The van der Waals surface area contributed by atoms with E-state index in [1.807, 2.05) is 6.07 Å². The van der Waals surface area contributed by atoms with Gasteiger partial charge in [0, 0.05) is 23.9 Å². The maximum absolute atomic E-state index is 11.0. The van der Waals surface area contributed by atoms with E-state index in [0.717, 1.165) is 0 Å². The SMILES string of the molecule is COc1ccc([N+](=O)[O-])c(OCc2cccnc2C#N)c1. The number of benzene rings is 1. The van der Waals surface area contributed by atoms with Gasteiger partial charge >= 0.3 is 5.69 Å². The molecular formula is C14H11N3O4. The Labute approximate surface area is 120 Å². The molecule has 7 nitrogen and oxygen atoms in total. The predicted molar refractivity (Wildman–Crippen MR) is 72.9 cm³/mol. The molecule has 0 atom stereocenters. The van der Waals surface area contributed by atoms with Crippen molar-refractivity contribution in [2.24, 2.45) is 0 Å². The Morgan fingerprint density at radius 3 is 2.90 bits per heavy atom. The number of ether oxygens (including phenoxy) is 2. The number of hydrogen-bond donors (Lipinski definition) is 0. The summed E-state index contributed by atoms with van der Waals surface area (Å²) in [7, 11) is 1.46. The number of nitro groups is 1. The zero-order valence-corrected chi connectivity index (χ0v) is 11.1. The van der Waals surface area contributed by atoms with Crippen LogP contribution >= 0.6 is 0 Å². The minimum Gasteiger partial charge on any atom is -0.497 e. The molecule has 2 rings (SSSR count). The summed E-state index contributed by atoms with van der Waals surface area (Å²) in [5.41, 5.74) is 0.610. The van der Waals surface area contributed by atoms with Gasteiger partial charge in [-0.05, 0) is 12.1 Å². The Kier molecular flexibility index (Phi) is 4.31. The maximum atomic E-state index is 11.0. The molecule has 0 aliphatic carbocycles. The lowest BCUT2D eigenvalue weighted by Crippen LogP contribution is -2.02. The molecule has 0 saturated carbocycles. The van der Waals surface area contributed by atoms with Crippen LogP contribution in [-0.2, 0) is 6.61 Å². The van der Waals surface area contributed by atoms with Crippen LogP contribution in [0.1, 0.15) is 11.3 Å². The Morgan fingerprint density at radius 2 is 2.24 bits per heavy atom. The molecule has 0 unspecified atom stereocenters. The maximum Gasteiger partial charge on any atom is 0.311 e. The van der Waals surface area contributed by atoms with E-state index >= 15 is 0 Å². The second kappa shape index (κ2) is 6.34. The summed E-state index contributed by atoms with van der Waals surface area (Å²) in [6, 6.07) is 9.51. The molecule has 2 aromatic rings. The molecule has 7 heteroatoms. The number of nitrogens with zero attached hydrogens (tertiary/aromatic N) is 3. The molecule has 0 radical (unpaired) electrons. The largest absolute Gasteiger partial charge is 0.497 e. The van der Waals surface area contributed by atoms with Gasteiger partial charge in [-0.25, -0.2) is 4.98 Å². The van der Waals surface area contributed by atoms with E-state index in [1.54, 1.807) is 12.1 Å². The second-order valence-corrected chi connectivity index (χ2v) is 4.00. The van der Waals surface area contributed by atoms with Crippen LogP contribution in [-0.4, -0.2) is 17.0 Å². The molecule has 1 heterocycles. The highest BCUT2D eigenvalue weighted by Gasteiger charge is 2.16. The van der Waals surface area contributed by atoms with Gasteiger partial charge in [0.05, 0.1) is 12.0 Å². The number of aromatic nitrogens is 1. The van der Waals surface area contributed by atoms with Crippen molar-refractivity contribution >= 4 is 5.69 Å². The van der Waals surface area contributed by atoms with Gasteiger partial charge in [0.1, 0.15) is 24.1 Å². The average molecular weight is 285 g/mol. The minimum atomic E-state index is -0.538. The number of nitro benzene ring substituents is 1. The zero-order chi connectivity index (χ0) is 15.2. The van der Waals surface area contributed by atoms with Crippen molar-refractivity contribution in [1.82, 2.24) is 4.98 Å². The number of rotatable bonds is 5. The lowest BCUT2D eigenvalue weighted by molar-refractivity contribution is -0.386. The first-order chi connectivity index (χ1) is 10.2. The fourth-order valence-corrected chi connectivity index (χ4v) is 1.70. The topological polar surface area (TPSA) is 98.3 Å². The number of methoxy groups -OCH3 is 1. The molecule has 1 aromatic heterocycles. The van der Waals surface area contributed by atoms with Gasteiger partial charge < -0.3 is 9.47 Å². The number of nitriles is 1. The van der Waals surface area contributed by atoms with Crippen LogP contribution in [0.25, 0.3) is 0 Å². The van der Waals surface area contributed by atoms with Gasteiger partial charge in [0.2, 0.25) is 5.75 Å². The highest BCUT2D eigenvalue weighted by Crippen LogP contribution is 2.31. The lowest BCUT2D eigenvalue weighted by Gasteiger charge is -2.09. The average Bonchev–Trinajstić information content (AvgIpc) is 2.52.